The second-order valence-electron chi connectivity index (χ2n) is 6.28. The van der Waals surface area contributed by atoms with Crippen LogP contribution in [0.3, 0.4) is 0 Å². The predicted molar refractivity (Wildman–Crippen MR) is 93.6 cm³/mol. The van der Waals surface area contributed by atoms with Crippen molar-refractivity contribution in [3.63, 3.8) is 0 Å². The molecular formula is C19H30N2O2. The molecule has 23 heavy (non-hydrogen) atoms. The molecule has 0 radical (unpaired) electrons. The van der Waals surface area contributed by atoms with Gasteiger partial charge >= 0.3 is 0 Å². The van der Waals surface area contributed by atoms with Crippen LogP contribution in [0, 0.1) is 0 Å². The maximum atomic E-state index is 12.7. The number of ether oxygens (including phenoxy) is 1. The van der Waals surface area contributed by atoms with Crippen LogP contribution < -0.4 is 4.74 Å². The Balaban J connectivity index is 2.00. The molecule has 4 heteroatoms. The first-order valence-electron chi connectivity index (χ1n) is 8.84. The highest BCUT2D eigenvalue weighted by Crippen LogP contribution is 2.22. The molecule has 0 spiro atoms. The van der Waals surface area contributed by atoms with Crippen molar-refractivity contribution < 1.29 is 9.53 Å². The quantitative estimate of drug-likeness (QED) is 0.773. The van der Waals surface area contributed by atoms with Crippen molar-refractivity contribution in [3.05, 3.63) is 29.8 Å². The summed E-state index contributed by atoms with van der Waals surface area (Å²) in [6, 6.07) is 8.40. The number of nitrogens with zero attached hydrogens (tertiary/aromatic N) is 2. The third kappa shape index (κ3) is 4.96. The number of hydrogen-bond donors (Lipinski definition) is 0. The van der Waals surface area contributed by atoms with Crippen LogP contribution in [-0.4, -0.2) is 48.5 Å². The molecule has 1 aromatic rings. The molecule has 4 nitrogen and oxygen atoms in total. The second-order valence-corrected chi connectivity index (χ2v) is 6.28. The van der Waals surface area contributed by atoms with Gasteiger partial charge < -0.3 is 14.5 Å². The molecule has 0 N–H and O–H groups in total. The normalized spacial score (nSPS) is 18.7. The van der Waals surface area contributed by atoms with Gasteiger partial charge in [0.1, 0.15) is 5.75 Å². The SMILES string of the molecule is CCOc1ccccc1CN(CC)C(=O)CC1CCCCN1C. The Kier molecular flexibility index (Phi) is 6.90. The third-order valence-corrected chi connectivity index (χ3v) is 4.70. The van der Waals surface area contributed by atoms with Gasteiger partial charge in [-0.05, 0) is 46.3 Å². The van der Waals surface area contributed by atoms with Crippen LogP contribution in [0.1, 0.15) is 45.1 Å². The average molecular weight is 318 g/mol. The van der Waals surface area contributed by atoms with E-state index in [4.69, 9.17) is 4.74 Å². The fourth-order valence-corrected chi connectivity index (χ4v) is 3.25. The Morgan fingerprint density at radius 3 is 2.78 bits per heavy atom. The molecule has 0 bridgehead atoms. The van der Waals surface area contributed by atoms with Gasteiger partial charge in [0.15, 0.2) is 0 Å². The van der Waals surface area contributed by atoms with E-state index in [0.717, 1.165) is 30.8 Å². The van der Waals surface area contributed by atoms with E-state index in [2.05, 4.69) is 11.9 Å². The van der Waals surface area contributed by atoms with Crippen LogP contribution in [0.15, 0.2) is 24.3 Å². The van der Waals surface area contributed by atoms with Gasteiger partial charge in [0, 0.05) is 31.1 Å². The summed E-state index contributed by atoms with van der Waals surface area (Å²) in [6.45, 7) is 7.14. The van der Waals surface area contributed by atoms with E-state index in [0.29, 0.717) is 25.6 Å². The van der Waals surface area contributed by atoms with Crippen molar-refractivity contribution in [2.45, 2.75) is 52.1 Å². The number of hydrogen-bond acceptors (Lipinski definition) is 3. The topological polar surface area (TPSA) is 32.8 Å². The van der Waals surface area contributed by atoms with Crippen LogP contribution >= 0.6 is 0 Å². The Hall–Kier alpha value is -1.55. The zero-order valence-electron chi connectivity index (χ0n) is 14.8. The highest BCUT2D eigenvalue weighted by atomic mass is 16.5. The van der Waals surface area contributed by atoms with Gasteiger partial charge in [-0.2, -0.15) is 0 Å². The number of para-hydroxylation sites is 1. The summed E-state index contributed by atoms with van der Waals surface area (Å²) >= 11 is 0. The average Bonchev–Trinajstić information content (AvgIpc) is 2.56. The van der Waals surface area contributed by atoms with Gasteiger partial charge in [0.05, 0.1) is 6.61 Å². The summed E-state index contributed by atoms with van der Waals surface area (Å²) in [5.74, 6) is 1.13. The number of benzene rings is 1. The first-order chi connectivity index (χ1) is 11.2. The molecule has 128 valence electrons. The number of carbonyl (C=O) groups excluding carboxylic acids is 1. The Morgan fingerprint density at radius 1 is 1.30 bits per heavy atom. The summed E-state index contributed by atoms with van der Waals surface area (Å²) < 4.78 is 5.68. The molecular weight excluding hydrogens is 288 g/mol. The van der Waals surface area contributed by atoms with Gasteiger partial charge in [-0.25, -0.2) is 0 Å². The van der Waals surface area contributed by atoms with Gasteiger partial charge in [0.2, 0.25) is 5.91 Å². The van der Waals surface area contributed by atoms with E-state index in [1.165, 1.54) is 12.8 Å². The number of rotatable bonds is 7. The zero-order chi connectivity index (χ0) is 16.7. The predicted octanol–water partition coefficient (Wildman–Crippen LogP) is 3.31. The van der Waals surface area contributed by atoms with Crippen LogP contribution in [0.25, 0.3) is 0 Å². The van der Waals surface area contributed by atoms with E-state index in [1.807, 2.05) is 43.0 Å². The monoisotopic (exact) mass is 318 g/mol. The molecule has 1 aliphatic rings. The lowest BCUT2D eigenvalue weighted by Crippen LogP contribution is -2.41. The lowest BCUT2D eigenvalue weighted by Gasteiger charge is -2.33. The summed E-state index contributed by atoms with van der Waals surface area (Å²) in [5, 5.41) is 0. The minimum Gasteiger partial charge on any atom is -0.494 e. The van der Waals surface area contributed by atoms with E-state index in [-0.39, 0.29) is 5.91 Å². The summed E-state index contributed by atoms with van der Waals surface area (Å²) in [4.78, 5) is 17.0. The van der Waals surface area contributed by atoms with E-state index >= 15 is 0 Å². The smallest absolute Gasteiger partial charge is 0.224 e. The molecule has 0 aromatic heterocycles. The van der Waals surface area contributed by atoms with Crippen molar-refractivity contribution in [1.29, 1.82) is 0 Å². The lowest BCUT2D eigenvalue weighted by atomic mass is 9.99. The highest BCUT2D eigenvalue weighted by Gasteiger charge is 2.24. The Labute approximate surface area is 140 Å². The maximum absolute atomic E-state index is 12.7. The minimum absolute atomic E-state index is 0.248. The van der Waals surface area contributed by atoms with Crippen LogP contribution in [0.4, 0.5) is 0 Å². The van der Waals surface area contributed by atoms with Gasteiger partial charge in [-0.1, -0.05) is 24.6 Å². The minimum atomic E-state index is 0.248. The number of amides is 1. The van der Waals surface area contributed by atoms with E-state index < -0.39 is 0 Å². The van der Waals surface area contributed by atoms with Crippen molar-refractivity contribution >= 4 is 5.91 Å². The van der Waals surface area contributed by atoms with Crippen LogP contribution in [0.5, 0.6) is 5.75 Å². The fraction of sp³-hybridized carbons (Fsp3) is 0.632. The van der Waals surface area contributed by atoms with E-state index in [9.17, 15) is 4.79 Å². The molecule has 0 saturated carbocycles. The van der Waals surface area contributed by atoms with E-state index in [1.54, 1.807) is 0 Å². The van der Waals surface area contributed by atoms with Crippen molar-refractivity contribution in [2.24, 2.45) is 0 Å². The standard InChI is InChI=1S/C19H30N2O2/c1-4-21(15-16-10-6-7-12-18(16)23-5-2)19(22)14-17-11-8-9-13-20(17)3/h6-7,10,12,17H,4-5,8-9,11,13-15H2,1-3H3. The third-order valence-electron chi connectivity index (χ3n) is 4.70. The fourth-order valence-electron chi connectivity index (χ4n) is 3.25. The molecule has 2 rings (SSSR count). The first kappa shape index (κ1) is 17.8. The Bertz CT molecular complexity index is 504. The summed E-state index contributed by atoms with van der Waals surface area (Å²) in [7, 11) is 2.14. The maximum Gasteiger partial charge on any atom is 0.224 e. The molecule has 1 amide bonds. The highest BCUT2D eigenvalue weighted by molar-refractivity contribution is 5.77. The molecule has 1 heterocycles. The number of piperidine rings is 1. The van der Waals surface area contributed by atoms with Crippen molar-refractivity contribution in [2.75, 3.05) is 26.7 Å². The molecule has 1 saturated heterocycles. The summed E-state index contributed by atoms with van der Waals surface area (Å²) in [6.07, 6.45) is 4.25. The molecule has 0 aliphatic carbocycles. The lowest BCUT2D eigenvalue weighted by molar-refractivity contribution is -0.133. The molecule has 1 aromatic carbocycles. The largest absolute Gasteiger partial charge is 0.494 e. The molecule has 1 atom stereocenters. The van der Waals surface area contributed by atoms with Crippen LogP contribution in [-0.2, 0) is 11.3 Å². The van der Waals surface area contributed by atoms with Crippen LogP contribution in [0.2, 0.25) is 0 Å². The Morgan fingerprint density at radius 2 is 2.09 bits per heavy atom. The zero-order valence-corrected chi connectivity index (χ0v) is 14.8. The molecule has 1 unspecified atom stereocenters. The molecule has 1 aliphatic heterocycles. The van der Waals surface area contributed by atoms with Gasteiger partial charge in [-0.3, -0.25) is 4.79 Å². The number of likely N-dealkylation sites (tertiary alicyclic amines) is 1. The second kappa shape index (κ2) is 8.92. The van der Waals surface area contributed by atoms with Gasteiger partial charge in [0.25, 0.3) is 0 Å². The number of carbonyl (C=O) groups is 1. The van der Waals surface area contributed by atoms with Gasteiger partial charge in [-0.15, -0.1) is 0 Å². The van der Waals surface area contributed by atoms with Crippen molar-refractivity contribution in [1.82, 2.24) is 9.80 Å². The summed E-state index contributed by atoms with van der Waals surface area (Å²) in [5.41, 5.74) is 1.08. The van der Waals surface area contributed by atoms with Crippen molar-refractivity contribution in [3.8, 4) is 5.75 Å². The molecule has 1 fully saturated rings. The first-order valence-corrected chi connectivity index (χ1v) is 8.84.